The quantitative estimate of drug-likeness (QED) is 0.761. The third-order valence-corrected chi connectivity index (χ3v) is 3.91. The highest BCUT2D eigenvalue weighted by Crippen LogP contribution is 2.26. The summed E-state index contributed by atoms with van der Waals surface area (Å²) in [6.07, 6.45) is 1.61. The fourth-order valence-corrected chi connectivity index (χ4v) is 2.52. The highest BCUT2D eigenvalue weighted by molar-refractivity contribution is 6.08. The molecule has 0 saturated carbocycles. The molecule has 5 nitrogen and oxygen atoms in total. The molecule has 0 heterocycles. The van der Waals surface area contributed by atoms with E-state index in [0.717, 1.165) is 10.8 Å². The number of carbonyl (C=O) groups excluding carboxylic acids is 2. The van der Waals surface area contributed by atoms with E-state index in [1.165, 1.54) is 4.90 Å². The predicted molar refractivity (Wildman–Crippen MR) is 101 cm³/mol. The van der Waals surface area contributed by atoms with E-state index in [1.54, 1.807) is 26.0 Å². The Bertz CT molecular complexity index is 784. The largest absolute Gasteiger partial charge is 0.395 e. The number of carbonyl (C=O) groups is 2. The molecule has 0 unspecified atom stereocenters. The summed E-state index contributed by atoms with van der Waals surface area (Å²) in [4.78, 5) is 26.6. The van der Waals surface area contributed by atoms with E-state index in [-0.39, 0.29) is 30.9 Å². The number of nitrogens with one attached hydrogen (secondary N) is 1. The van der Waals surface area contributed by atoms with E-state index in [0.29, 0.717) is 17.8 Å². The van der Waals surface area contributed by atoms with Gasteiger partial charge >= 0.3 is 0 Å². The molecule has 0 aliphatic heterocycles. The first-order valence-corrected chi connectivity index (χ1v) is 8.32. The number of hydrogen-bond acceptors (Lipinski definition) is 3. The third kappa shape index (κ3) is 4.45. The predicted octanol–water partition coefficient (Wildman–Crippen LogP) is 3.05. The second-order valence-electron chi connectivity index (χ2n) is 6.15. The van der Waals surface area contributed by atoms with Crippen molar-refractivity contribution in [3.8, 4) is 0 Å². The molecule has 2 aromatic rings. The van der Waals surface area contributed by atoms with Crippen molar-refractivity contribution in [3.05, 3.63) is 54.6 Å². The highest BCUT2D eigenvalue weighted by Gasteiger charge is 2.20. The van der Waals surface area contributed by atoms with Crippen molar-refractivity contribution in [1.82, 2.24) is 4.90 Å². The minimum absolute atomic E-state index is 0.138. The number of anilines is 1. The van der Waals surface area contributed by atoms with Crippen LogP contribution in [0.4, 0.5) is 5.69 Å². The Hall–Kier alpha value is -2.66. The maximum atomic E-state index is 13.0. The molecule has 2 rings (SSSR count). The number of hydrogen-bond donors (Lipinski definition) is 2. The molecule has 0 aliphatic rings. The molecule has 0 aromatic heterocycles. The zero-order valence-corrected chi connectivity index (χ0v) is 14.7. The van der Waals surface area contributed by atoms with Crippen molar-refractivity contribution >= 4 is 28.3 Å². The SMILES string of the molecule is C=CCN(CCO)C(=O)c1cc2ccccc2cc1NC(=O)C(C)C. The molecule has 25 heavy (non-hydrogen) atoms. The van der Waals surface area contributed by atoms with Crippen molar-refractivity contribution < 1.29 is 14.7 Å². The van der Waals surface area contributed by atoms with Crippen LogP contribution in [-0.4, -0.2) is 41.5 Å². The van der Waals surface area contributed by atoms with Crippen molar-refractivity contribution in [2.45, 2.75) is 13.8 Å². The summed E-state index contributed by atoms with van der Waals surface area (Å²) >= 11 is 0. The highest BCUT2D eigenvalue weighted by atomic mass is 16.3. The minimum Gasteiger partial charge on any atom is -0.395 e. The Morgan fingerprint density at radius 3 is 2.44 bits per heavy atom. The molecule has 0 atom stereocenters. The maximum absolute atomic E-state index is 13.0. The van der Waals surface area contributed by atoms with Gasteiger partial charge in [0.05, 0.1) is 17.9 Å². The average Bonchev–Trinajstić information content (AvgIpc) is 2.60. The lowest BCUT2D eigenvalue weighted by molar-refractivity contribution is -0.118. The van der Waals surface area contributed by atoms with Gasteiger partial charge in [-0.3, -0.25) is 9.59 Å². The lowest BCUT2D eigenvalue weighted by atomic mass is 10.0. The van der Waals surface area contributed by atoms with Crippen LogP contribution in [0, 0.1) is 5.92 Å². The van der Waals surface area contributed by atoms with Gasteiger partial charge < -0.3 is 15.3 Å². The molecule has 0 radical (unpaired) electrons. The van der Waals surface area contributed by atoms with Crippen molar-refractivity contribution in [2.75, 3.05) is 25.0 Å². The normalized spacial score (nSPS) is 10.7. The van der Waals surface area contributed by atoms with Gasteiger partial charge in [0.1, 0.15) is 0 Å². The molecule has 0 saturated heterocycles. The summed E-state index contributed by atoms with van der Waals surface area (Å²) in [5.74, 6) is -0.600. The summed E-state index contributed by atoms with van der Waals surface area (Å²) in [6.45, 7) is 7.64. The second kappa shape index (κ2) is 8.44. The van der Waals surface area contributed by atoms with Crippen molar-refractivity contribution in [3.63, 3.8) is 0 Å². The standard InChI is InChI=1S/C20H24N2O3/c1-4-9-22(10-11-23)20(25)17-12-15-7-5-6-8-16(15)13-18(17)21-19(24)14(2)3/h4-8,12-14,23H,1,9-11H2,2-3H3,(H,21,24). The molecule has 0 fully saturated rings. The zero-order chi connectivity index (χ0) is 18.4. The van der Waals surface area contributed by atoms with Gasteiger partial charge in [0, 0.05) is 19.0 Å². The number of aliphatic hydroxyl groups excluding tert-OH is 1. The van der Waals surface area contributed by atoms with Crippen LogP contribution >= 0.6 is 0 Å². The van der Waals surface area contributed by atoms with E-state index in [1.807, 2.05) is 30.3 Å². The molecule has 0 spiro atoms. The van der Waals surface area contributed by atoms with Gasteiger partial charge in [-0.1, -0.05) is 44.2 Å². The lowest BCUT2D eigenvalue weighted by Gasteiger charge is -2.22. The van der Waals surface area contributed by atoms with Crippen LogP contribution in [0.5, 0.6) is 0 Å². The molecular formula is C20H24N2O3. The lowest BCUT2D eigenvalue weighted by Crippen LogP contribution is -2.34. The Morgan fingerprint density at radius 1 is 1.24 bits per heavy atom. The topological polar surface area (TPSA) is 69.6 Å². The molecule has 2 N–H and O–H groups in total. The first-order valence-electron chi connectivity index (χ1n) is 8.32. The van der Waals surface area contributed by atoms with Gasteiger partial charge in [0.15, 0.2) is 0 Å². The monoisotopic (exact) mass is 340 g/mol. The van der Waals surface area contributed by atoms with Gasteiger partial charge in [-0.05, 0) is 22.9 Å². The smallest absolute Gasteiger partial charge is 0.256 e. The first-order chi connectivity index (χ1) is 12.0. The Labute approximate surface area is 147 Å². The van der Waals surface area contributed by atoms with Crippen molar-refractivity contribution in [1.29, 1.82) is 0 Å². The van der Waals surface area contributed by atoms with Gasteiger partial charge in [-0.15, -0.1) is 6.58 Å². The second-order valence-corrected chi connectivity index (χ2v) is 6.15. The van der Waals surface area contributed by atoms with Crippen LogP contribution in [0.15, 0.2) is 49.1 Å². The number of rotatable bonds is 7. The summed E-state index contributed by atoms with van der Waals surface area (Å²) in [6, 6.07) is 11.3. The fourth-order valence-electron chi connectivity index (χ4n) is 2.52. The van der Waals surface area contributed by atoms with E-state index in [4.69, 9.17) is 0 Å². The molecular weight excluding hydrogens is 316 g/mol. The summed E-state index contributed by atoms with van der Waals surface area (Å²) in [5.41, 5.74) is 0.886. The number of amides is 2. The van der Waals surface area contributed by atoms with E-state index < -0.39 is 0 Å². The van der Waals surface area contributed by atoms with Gasteiger partial charge in [0.25, 0.3) is 5.91 Å². The number of benzene rings is 2. The summed E-state index contributed by atoms with van der Waals surface area (Å²) in [7, 11) is 0. The van der Waals surface area contributed by atoms with Crippen LogP contribution in [0.2, 0.25) is 0 Å². The van der Waals surface area contributed by atoms with Gasteiger partial charge in [-0.25, -0.2) is 0 Å². The Morgan fingerprint density at radius 2 is 1.88 bits per heavy atom. The maximum Gasteiger partial charge on any atom is 0.256 e. The van der Waals surface area contributed by atoms with Gasteiger partial charge in [0.2, 0.25) is 5.91 Å². The fraction of sp³-hybridized carbons (Fsp3) is 0.300. The summed E-state index contributed by atoms with van der Waals surface area (Å²) < 4.78 is 0. The molecule has 5 heteroatoms. The Kier molecular flexibility index (Phi) is 6.31. The molecule has 0 bridgehead atoms. The Balaban J connectivity index is 2.52. The number of fused-ring (bicyclic) bond motifs is 1. The van der Waals surface area contributed by atoms with E-state index in [9.17, 15) is 14.7 Å². The molecule has 2 aromatic carbocycles. The molecule has 2 amide bonds. The van der Waals surface area contributed by atoms with Gasteiger partial charge in [-0.2, -0.15) is 0 Å². The number of aliphatic hydroxyl groups is 1. The first kappa shape index (κ1) is 18.7. The van der Waals surface area contributed by atoms with Crippen LogP contribution in [-0.2, 0) is 4.79 Å². The molecule has 0 aliphatic carbocycles. The van der Waals surface area contributed by atoms with E-state index in [2.05, 4.69) is 11.9 Å². The van der Waals surface area contributed by atoms with Crippen LogP contribution in [0.3, 0.4) is 0 Å². The van der Waals surface area contributed by atoms with Crippen LogP contribution in [0.1, 0.15) is 24.2 Å². The van der Waals surface area contributed by atoms with Crippen LogP contribution < -0.4 is 5.32 Å². The minimum atomic E-state index is -0.251. The summed E-state index contributed by atoms with van der Waals surface area (Å²) in [5, 5.41) is 13.9. The van der Waals surface area contributed by atoms with E-state index >= 15 is 0 Å². The average molecular weight is 340 g/mol. The van der Waals surface area contributed by atoms with Crippen molar-refractivity contribution in [2.24, 2.45) is 5.92 Å². The molecule has 132 valence electrons. The third-order valence-electron chi connectivity index (χ3n) is 3.91. The number of nitrogens with zero attached hydrogens (tertiary/aromatic N) is 1. The zero-order valence-electron chi connectivity index (χ0n) is 14.7. The van der Waals surface area contributed by atoms with Crippen LogP contribution in [0.25, 0.3) is 10.8 Å².